The number of anilines is 1. The van der Waals surface area contributed by atoms with Gasteiger partial charge in [0.05, 0.1) is 0 Å². The summed E-state index contributed by atoms with van der Waals surface area (Å²) >= 11 is 3.50. The number of imidazole rings is 1. The number of pyridine rings is 1. The lowest BCUT2D eigenvalue weighted by atomic mass is 10.2. The Morgan fingerprint density at radius 2 is 2.10 bits per heavy atom. The number of nitrogen functional groups attached to an aromatic ring is 1. The van der Waals surface area contributed by atoms with Gasteiger partial charge in [-0.2, -0.15) is 0 Å². The van der Waals surface area contributed by atoms with Crippen molar-refractivity contribution in [2.24, 2.45) is 0 Å². The first-order valence-electron chi connectivity index (χ1n) is 6.62. The fourth-order valence-corrected chi connectivity index (χ4v) is 3.06. The number of aromatic nitrogens is 3. The van der Waals surface area contributed by atoms with Crippen molar-refractivity contribution in [1.82, 2.24) is 14.5 Å². The van der Waals surface area contributed by atoms with Gasteiger partial charge in [0, 0.05) is 28.0 Å². The minimum Gasteiger partial charge on any atom is -0.399 e. The second kappa shape index (κ2) is 4.31. The van der Waals surface area contributed by atoms with Crippen molar-refractivity contribution >= 4 is 32.8 Å². The minimum absolute atomic E-state index is 0.519. The number of fused-ring (bicyclic) bond motifs is 1. The largest absolute Gasteiger partial charge is 0.399 e. The molecule has 0 bridgehead atoms. The van der Waals surface area contributed by atoms with Crippen molar-refractivity contribution in [3.05, 3.63) is 41.0 Å². The van der Waals surface area contributed by atoms with Crippen LogP contribution in [0.15, 0.2) is 41.0 Å². The van der Waals surface area contributed by atoms with Crippen LogP contribution in [0.4, 0.5) is 5.69 Å². The number of nitrogens with two attached hydrogens (primary N) is 1. The lowest BCUT2D eigenvalue weighted by Crippen LogP contribution is -1.99. The van der Waals surface area contributed by atoms with E-state index in [9.17, 15) is 0 Å². The molecule has 1 fully saturated rings. The molecule has 2 heterocycles. The standard InChI is InChI=1S/C15H13BrN4/c16-10-6-9(7-11(17)8-10)14-19-13-2-1-5-18-15(13)20(14)12-3-4-12/h1-2,5-8,12H,3-4,17H2. The zero-order valence-electron chi connectivity index (χ0n) is 10.8. The van der Waals surface area contributed by atoms with E-state index in [0.29, 0.717) is 6.04 Å². The van der Waals surface area contributed by atoms with Gasteiger partial charge in [0.2, 0.25) is 0 Å². The third-order valence-corrected chi connectivity index (χ3v) is 4.00. The van der Waals surface area contributed by atoms with E-state index in [2.05, 4.69) is 31.5 Å². The Hall–Kier alpha value is -1.88. The van der Waals surface area contributed by atoms with Crippen LogP contribution in [0.2, 0.25) is 0 Å². The summed E-state index contributed by atoms with van der Waals surface area (Å²) in [6.45, 7) is 0. The number of hydrogen-bond acceptors (Lipinski definition) is 3. The lowest BCUT2D eigenvalue weighted by molar-refractivity contribution is 0.766. The van der Waals surface area contributed by atoms with Gasteiger partial charge in [-0.3, -0.25) is 0 Å². The molecule has 4 rings (SSSR count). The topological polar surface area (TPSA) is 56.7 Å². The maximum atomic E-state index is 5.95. The maximum absolute atomic E-state index is 5.95. The molecule has 4 nitrogen and oxygen atoms in total. The van der Waals surface area contributed by atoms with Crippen LogP contribution < -0.4 is 5.73 Å². The highest BCUT2D eigenvalue weighted by molar-refractivity contribution is 9.10. The van der Waals surface area contributed by atoms with Crippen LogP contribution in [0.25, 0.3) is 22.6 Å². The first-order chi connectivity index (χ1) is 9.72. The molecule has 0 aliphatic heterocycles. The molecule has 1 saturated carbocycles. The van der Waals surface area contributed by atoms with E-state index in [0.717, 1.165) is 32.7 Å². The summed E-state index contributed by atoms with van der Waals surface area (Å²) in [6.07, 6.45) is 4.21. The fraction of sp³-hybridized carbons (Fsp3) is 0.200. The Bertz CT molecular complexity index is 784. The van der Waals surface area contributed by atoms with Crippen molar-refractivity contribution in [2.75, 3.05) is 5.73 Å². The molecule has 0 amide bonds. The summed E-state index contributed by atoms with van der Waals surface area (Å²) < 4.78 is 3.21. The summed E-state index contributed by atoms with van der Waals surface area (Å²) in [5, 5.41) is 0. The average Bonchev–Trinajstić information content (AvgIpc) is 3.17. The molecule has 2 N–H and O–H groups in total. The van der Waals surface area contributed by atoms with Gasteiger partial charge in [0.25, 0.3) is 0 Å². The zero-order chi connectivity index (χ0) is 13.7. The number of halogens is 1. The molecule has 1 aliphatic carbocycles. The van der Waals surface area contributed by atoms with Gasteiger partial charge in [0.1, 0.15) is 11.3 Å². The van der Waals surface area contributed by atoms with E-state index in [1.54, 1.807) is 0 Å². The second-order valence-electron chi connectivity index (χ2n) is 5.16. The molecule has 1 aliphatic rings. The highest BCUT2D eigenvalue weighted by Gasteiger charge is 2.29. The van der Waals surface area contributed by atoms with Gasteiger partial charge in [-0.15, -0.1) is 0 Å². The Morgan fingerprint density at radius 3 is 2.85 bits per heavy atom. The molecule has 5 heteroatoms. The highest BCUT2D eigenvalue weighted by atomic mass is 79.9. The summed E-state index contributed by atoms with van der Waals surface area (Å²) in [5.41, 5.74) is 9.61. The molecular weight excluding hydrogens is 316 g/mol. The van der Waals surface area contributed by atoms with Crippen LogP contribution in [0.1, 0.15) is 18.9 Å². The van der Waals surface area contributed by atoms with Crippen LogP contribution in [0.3, 0.4) is 0 Å². The summed E-state index contributed by atoms with van der Waals surface area (Å²) in [5.74, 6) is 0.953. The van der Waals surface area contributed by atoms with Crippen LogP contribution in [-0.4, -0.2) is 14.5 Å². The van der Waals surface area contributed by atoms with Gasteiger partial charge in [-0.1, -0.05) is 15.9 Å². The summed E-state index contributed by atoms with van der Waals surface area (Å²) in [6, 6.07) is 10.4. The minimum atomic E-state index is 0.519. The van der Waals surface area contributed by atoms with E-state index >= 15 is 0 Å². The highest BCUT2D eigenvalue weighted by Crippen LogP contribution is 2.41. The summed E-state index contributed by atoms with van der Waals surface area (Å²) in [7, 11) is 0. The molecule has 2 aromatic heterocycles. The molecule has 3 aromatic rings. The Balaban J connectivity index is 2.01. The Kier molecular flexibility index (Phi) is 2.57. The van der Waals surface area contributed by atoms with E-state index in [1.165, 1.54) is 12.8 Å². The van der Waals surface area contributed by atoms with Crippen molar-refractivity contribution in [1.29, 1.82) is 0 Å². The first-order valence-corrected chi connectivity index (χ1v) is 7.41. The van der Waals surface area contributed by atoms with Gasteiger partial charge < -0.3 is 10.3 Å². The third-order valence-electron chi connectivity index (χ3n) is 3.54. The normalized spacial score (nSPS) is 14.8. The van der Waals surface area contributed by atoms with Gasteiger partial charge in [-0.25, -0.2) is 9.97 Å². The lowest BCUT2D eigenvalue weighted by Gasteiger charge is -2.08. The van der Waals surface area contributed by atoms with Crippen molar-refractivity contribution in [3.63, 3.8) is 0 Å². The van der Waals surface area contributed by atoms with Crippen molar-refractivity contribution in [2.45, 2.75) is 18.9 Å². The number of hydrogen-bond donors (Lipinski definition) is 1. The monoisotopic (exact) mass is 328 g/mol. The van der Waals surface area contributed by atoms with Crippen LogP contribution in [0.5, 0.6) is 0 Å². The molecule has 0 unspecified atom stereocenters. The van der Waals surface area contributed by atoms with Crippen molar-refractivity contribution < 1.29 is 0 Å². The van der Waals surface area contributed by atoms with Gasteiger partial charge >= 0.3 is 0 Å². The molecule has 0 atom stereocenters. The predicted octanol–water partition coefficient (Wildman–Crippen LogP) is 3.78. The quantitative estimate of drug-likeness (QED) is 0.728. The first kappa shape index (κ1) is 11.9. The second-order valence-corrected chi connectivity index (χ2v) is 6.07. The molecule has 1 aromatic carbocycles. The third kappa shape index (κ3) is 1.89. The van der Waals surface area contributed by atoms with E-state index < -0.39 is 0 Å². The molecule has 0 radical (unpaired) electrons. The Morgan fingerprint density at radius 1 is 1.25 bits per heavy atom. The van der Waals surface area contributed by atoms with Gasteiger partial charge in [-0.05, 0) is 43.2 Å². The van der Waals surface area contributed by atoms with E-state index in [-0.39, 0.29) is 0 Å². The van der Waals surface area contributed by atoms with Crippen LogP contribution >= 0.6 is 15.9 Å². The average molecular weight is 329 g/mol. The van der Waals surface area contributed by atoms with Gasteiger partial charge in [0.15, 0.2) is 5.65 Å². The van der Waals surface area contributed by atoms with Crippen molar-refractivity contribution in [3.8, 4) is 11.4 Å². The van der Waals surface area contributed by atoms with E-state index in [4.69, 9.17) is 10.7 Å². The molecule has 100 valence electrons. The number of benzene rings is 1. The summed E-state index contributed by atoms with van der Waals surface area (Å²) in [4.78, 5) is 9.24. The molecular formula is C15H13BrN4. The molecule has 0 saturated heterocycles. The zero-order valence-corrected chi connectivity index (χ0v) is 12.3. The number of rotatable bonds is 2. The van der Waals surface area contributed by atoms with Crippen LogP contribution in [-0.2, 0) is 0 Å². The predicted molar refractivity (Wildman–Crippen MR) is 83.3 cm³/mol. The van der Waals surface area contributed by atoms with E-state index in [1.807, 2.05) is 30.5 Å². The Labute approximate surface area is 124 Å². The molecule has 0 spiro atoms. The SMILES string of the molecule is Nc1cc(Br)cc(-c2nc3cccnc3n2C2CC2)c1. The smallest absolute Gasteiger partial charge is 0.160 e. The maximum Gasteiger partial charge on any atom is 0.160 e. The number of nitrogens with zero attached hydrogens (tertiary/aromatic N) is 3. The molecule has 20 heavy (non-hydrogen) atoms. The fourth-order valence-electron chi connectivity index (χ4n) is 2.55. The van der Waals surface area contributed by atoms with Crippen LogP contribution in [0, 0.1) is 0 Å².